The summed E-state index contributed by atoms with van der Waals surface area (Å²) in [7, 11) is 0. The molecule has 4 heteroatoms. The molecule has 0 radical (unpaired) electrons. The normalized spacial score (nSPS) is 38.2. The molecule has 4 N–H and O–H groups in total. The van der Waals surface area contributed by atoms with Crippen LogP contribution in [-0.4, -0.2) is 44.8 Å². The first-order valence-corrected chi connectivity index (χ1v) is 5.10. The third kappa shape index (κ3) is 1.88. The van der Waals surface area contributed by atoms with E-state index in [4.69, 9.17) is 0 Å². The van der Waals surface area contributed by atoms with Crippen molar-refractivity contribution >= 4 is 0 Å². The van der Waals surface area contributed by atoms with E-state index in [1.807, 2.05) is 0 Å². The van der Waals surface area contributed by atoms with E-state index in [-0.39, 0.29) is 0 Å². The van der Waals surface area contributed by atoms with E-state index in [9.17, 15) is 20.4 Å². The van der Waals surface area contributed by atoms with Crippen LogP contribution < -0.4 is 0 Å². The maximum atomic E-state index is 9.77. The molecule has 0 saturated carbocycles. The zero-order valence-corrected chi connectivity index (χ0v) is 8.56. The monoisotopic (exact) mass is 222 g/mol. The Labute approximate surface area is 93.2 Å². The van der Waals surface area contributed by atoms with Gasteiger partial charge in [-0.2, -0.15) is 0 Å². The lowest BCUT2D eigenvalue weighted by atomic mass is 9.86. The Bertz CT molecular complexity index is 354. The summed E-state index contributed by atoms with van der Waals surface area (Å²) in [6.45, 7) is 0. The summed E-state index contributed by atoms with van der Waals surface area (Å²) in [5.41, 5.74) is 0.872. The molecule has 16 heavy (non-hydrogen) atoms. The summed E-state index contributed by atoms with van der Waals surface area (Å²) < 4.78 is 0. The van der Waals surface area contributed by atoms with E-state index in [2.05, 4.69) is 0 Å². The molecule has 2 aliphatic carbocycles. The fourth-order valence-electron chi connectivity index (χ4n) is 1.86. The highest BCUT2D eigenvalue weighted by Gasteiger charge is 2.30. The van der Waals surface area contributed by atoms with Crippen molar-refractivity contribution in [2.45, 2.75) is 24.4 Å². The molecule has 0 spiro atoms. The Hall–Kier alpha value is -1.20. The molecule has 0 heterocycles. The average molecular weight is 222 g/mol. The first-order chi connectivity index (χ1) is 7.61. The van der Waals surface area contributed by atoms with Crippen LogP contribution in [0.2, 0.25) is 0 Å². The Balaban J connectivity index is 2.31. The molecule has 0 amide bonds. The number of rotatable bonds is 1. The van der Waals surface area contributed by atoms with E-state index in [0.717, 1.165) is 0 Å². The molecular formula is C12H14O4. The van der Waals surface area contributed by atoms with Crippen LogP contribution in [0.15, 0.2) is 47.6 Å². The van der Waals surface area contributed by atoms with Gasteiger partial charge < -0.3 is 20.4 Å². The molecule has 2 aliphatic rings. The van der Waals surface area contributed by atoms with Gasteiger partial charge in [0.15, 0.2) is 0 Å². The SMILES string of the molecule is O[C@@H]1C(C2=CC=C[C@H](O)[C@@H]2O)=CC=C[C@@H]1O. The second-order valence-electron chi connectivity index (χ2n) is 3.88. The third-order valence-corrected chi connectivity index (χ3v) is 2.79. The first kappa shape index (κ1) is 11.3. The van der Waals surface area contributed by atoms with Gasteiger partial charge >= 0.3 is 0 Å². The highest BCUT2D eigenvalue weighted by Crippen LogP contribution is 2.27. The molecule has 0 bridgehead atoms. The largest absolute Gasteiger partial charge is 0.386 e. The van der Waals surface area contributed by atoms with Crippen LogP contribution >= 0.6 is 0 Å². The van der Waals surface area contributed by atoms with Gasteiger partial charge in [-0.25, -0.2) is 0 Å². The molecule has 0 aliphatic heterocycles. The predicted molar refractivity (Wildman–Crippen MR) is 58.5 cm³/mol. The molecule has 4 atom stereocenters. The minimum absolute atomic E-state index is 0.436. The van der Waals surface area contributed by atoms with Crippen molar-refractivity contribution in [2.24, 2.45) is 0 Å². The number of aliphatic hydroxyl groups excluding tert-OH is 4. The second kappa shape index (κ2) is 4.35. The molecule has 0 aromatic heterocycles. The maximum absolute atomic E-state index is 9.77. The Morgan fingerprint density at radius 1 is 0.688 bits per heavy atom. The van der Waals surface area contributed by atoms with E-state index >= 15 is 0 Å². The van der Waals surface area contributed by atoms with Crippen molar-refractivity contribution in [1.29, 1.82) is 0 Å². The van der Waals surface area contributed by atoms with Crippen molar-refractivity contribution in [2.75, 3.05) is 0 Å². The van der Waals surface area contributed by atoms with Gasteiger partial charge in [0, 0.05) is 0 Å². The molecule has 0 aromatic rings. The maximum Gasteiger partial charge on any atom is 0.109 e. The minimum atomic E-state index is -1.07. The first-order valence-electron chi connectivity index (χ1n) is 5.10. The predicted octanol–water partition coefficient (Wildman–Crippen LogP) is -0.578. The Morgan fingerprint density at radius 2 is 1.06 bits per heavy atom. The van der Waals surface area contributed by atoms with Crippen molar-refractivity contribution in [3.8, 4) is 0 Å². The van der Waals surface area contributed by atoms with Gasteiger partial charge in [0.05, 0.1) is 0 Å². The van der Waals surface area contributed by atoms with Crippen LogP contribution in [-0.2, 0) is 0 Å². The van der Waals surface area contributed by atoms with Crippen LogP contribution in [0.5, 0.6) is 0 Å². The van der Waals surface area contributed by atoms with Gasteiger partial charge in [0.1, 0.15) is 24.4 Å². The lowest BCUT2D eigenvalue weighted by Crippen LogP contribution is -2.35. The number of hydrogen-bond donors (Lipinski definition) is 4. The van der Waals surface area contributed by atoms with Gasteiger partial charge in [-0.15, -0.1) is 0 Å². The molecule has 0 fully saturated rings. The summed E-state index contributed by atoms with van der Waals surface area (Å²) in [6.07, 6.45) is 5.33. The van der Waals surface area contributed by atoms with Gasteiger partial charge in [0.2, 0.25) is 0 Å². The van der Waals surface area contributed by atoms with E-state index < -0.39 is 24.4 Å². The summed E-state index contributed by atoms with van der Waals surface area (Å²) >= 11 is 0. The minimum Gasteiger partial charge on any atom is -0.386 e. The summed E-state index contributed by atoms with van der Waals surface area (Å²) in [4.78, 5) is 0. The van der Waals surface area contributed by atoms with E-state index in [1.165, 1.54) is 12.2 Å². The fraction of sp³-hybridized carbons (Fsp3) is 0.333. The number of hydrogen-bond acceptors (Lipinski definition) is 4. The van der Waals surface area contributed by atoms with Gasteiger partial charge in [-0.3, -0.25) is 0 Å². The third-order valence-electron chi connectivity index (χ3n) is 2.79. The Morgan fingerprint density at radius 3 is 1.44 bits per heavy atom. The smallest absolute Gasteiger partial charge is 0.109 e. The van der Waals surface area contributed by atoms with Gasteiger partial charge in [0.25, 0.3) is 0 Å². The number of allylic oxidation sites excluding steroid dienone is 4. The summed E-state index contributed by atoms with van der Waals surface area (Å²) in [5, 5.41) is 38.5. The molecule has 86 valence electrons. The van der Waals surface area contributed by atoms with E-state index in [0.29, 0.717) is 11.1 Å². The van der Waals surface area contributed by atoms with Crippen molar-refractivity contribution in [3.05, 3.63) is 47.6 Å². The zero-order chi connectivity index (χ0) is 11.7. The second-order valence-corrected chi connectivity index (χ2v) is 3.88. The van der Waals surface area contributed by atoms with Crippen molar-refractivity contribution < 1.29 is 20.4 Å². The lowest BCUT2D eigenvalue weighted by Gasteiger charge is -2.28. The van der Waals surface area contributed by atoms with E-state index in [1.54, 1.807) is 24.3 Å². The highest BCUT2D eigenvalue weighted by atomic mass is 16.3. The van der Waals surface area contributed by atoms with Crippen LogP contribution in [0.25, 0.3) is 0 Å². The molecule has 0 saturated heterocycles. The molecule has 2 rings (SSSR count). The molecule has 0 unspecified atom stereocenters. The fourth-order valence-corrected chi connectivity index (χ4v) is 1.86. The van der Waals surface area contributed by atoms with Crippen LogP contribution in [0.1, 0.15) is 0 Å². The zero-order valence-electron chi connectivity index (χ0n) is 8.56. The van der Waals surface area contributed by atoms with Crippen molar-refractivity contribution in [3.63, 3.8) is 0 Å². The van der Waals surface area contributed by atoms with Crippen LogP contribution in [0.3, 0.4) is 0 Å². The van der Waals surface area contributed by atoms with Crippen molar-refractivity contribution in [1.82, 2.24) is 0 Å². The Kier molecular flexibility index (Phi) is 3.07. The standard InChI is InChI=1S/C12H14O4/c13-9-5-1-3-7(11(9)15)8-4-2-6-10(14)12(8)16/h1-6,9-16H/t9-,10-,11+,12+/m0/s1. The lowest BCUT2D eigenvalue weighted by molar-refractivity contribution is 0.0549. The molecule has 4 nitrogen and oxygen atoms in total. The quantitative estimate of drug-likeness (QED) is 0.478. The molecule has 0 aromatic carbocycles. The topological polar surface area (TPSA) is 80.9 Å². The van der Waals surface area contributed by atoms with Crippen LogP contribution in [0, 0.1) is 0 Å². The summed E-state index contributed by atoms with van der Waals surface area (Å²) in [6, 6.07) is 0. The number of aliphatic hydroxyl groups is 4. The van der Waals surface area contributed by atoms with Gasteiger partial charge in [-0.05, 0) is 11.1 Å². The van der Waals surface area contributed by atoms with Crippen LogP contribution in [0.4, 0.5) is 0 Å². The average Bonchev–Trinajstić information content (AvgIpc) is 2.27. The molecular weight excluding hydrogens is 208 g/mol. The highest BCUT2D eigenvalue weighted by molar-refractivity contribution is 5.47. The summed E-state index contributed by atoms with van der Waals surface area (Å²) in [5.74, 6) is 0. The van der Waals surface area contributed by atoms with Gasteiger partial charge in [-0.1, -0.05) is 36.5 Å².